The molecular formula is C15H18NP. The standard InChI is InChI=1S/C15H18NP/c1-10(2)12-6-4-5-7-13(12)14-8-11(3)15(17)9-16-14/h4-10H,17H2,1-3H3. The van der Waals surface area contributed by atoms with Gasteiger partial charge in [-0.3, -0.25) is 4.98 Å². The summed E-state index contributed by atoms with van der Waals surface area (Å²) in [5.74, 6) is 0.518. The van der Waals surface area contributed by atoms with Crippen molar-refractivity contribution in [2.75, 3.05) is 0 Å². The van der Waals surface area contributed by atoms with Crippen LogP contribution in [0.4, 0.5) is 0 Å². The normalized spacial score (nSPS) is 10.9. The number of pyridine rings is 1. The molecule has 0 N–H and O–H groups in total. The van der Waals surface area contributed by atoms with Crippen molar-refractivity contribution >= 4 is 14.5 Å². The highest BCUT2D eigenvalue weighted by atomic mass is 31.0. The fourth-order valence-corrected chi connectivity index (χ4v) is 2.11. The second kappa shape index (κ2) is 4.98. The van der Waals surface area contributed by atoms with Crippen molar-refractivity contribution in [3.63, 3.8) is 0 Å². The van der Waals surface area contributed by atoms with E-state index in [9.17, 15) is 0 Å². The Morgan fingerprint density at radius 1 is 1.18 bits per heavy atom. The van der Waals surface area contributed by atoms with Crippen molar-refractivity contribution in [2.24, 2.45) is 0 Å². The molecule has 0 aliphatic rings. The minimum atomic E-state index is 0.518. The molecule has 1 unspecified atom stereocenters. The zero-order valence-corrected chi connectivity index (χ0v) is 11.7. The van der Waals surface area contributed by atoms with Crippen LogP contribution in [0, 0.1) is 6.92 Å². The number of aryl methyl sites for hydroxylation is 1. The van der Waals surface area contributed by atoms with Crippen LogP contribution in [0.15, 0.2) is 36.5 Å². The van der Waals surface area contributed by atoms with Gasteiger partial charge in [-0.05, 0) is 35.3 Å². The van der Waals surface area contributed by atoms with Gasteiger partial charge in [-0.15, -0.1) is 9.24 Å². The summed E-state index contributed by atoms with van der Waals surface area (Å²) in [6.45, 7) is 6.55. The fraction of sp³-hybridized carbons (Fsp3) is 0.267. The van der Waals surface area contributed by atoms with Crippen LogP contribution in [0.5, 0.6) is 0 Å². The third-order valence-corrected chi connectivity index (χ3v) is 3.61. The summed E-state index contributed by atoms with van der Waals surface area (Å²) < 4.78 is 0. The van der Waals surface area contributed by atoms with E-state index in [0.717, 1.165) is 11.0 Å². The van der Waals surface area contributed by atoms with Gasteiger partial charge in [0.15, 0.2) is 0 Å². The molecule has 2 heteroatoms. The van der Waals surface area contributed by atoms with Crippen LogP contribution in [0.25, 0.3) is 11.3 Å². The minimum Gasteiger partial charge on any atom is -0.256 e. The first-order valence-corrected chi connectivity index (χ1v) is 6.48. The Kier molecular flexibility index (Phi) is 3.59. The molecule has 0 radical (unpaired) electrons. The first-order chi connectivity index (χ1) is 8.09. The Morgan fingerprint density at radius 2 is 1.88 bits per heavy atom. The molecule has 1 nitrogen and oxygen atoms in total. The molecule has 0 saturated carbocycles. The van der Waals surface area contributed by atoms with E-state index in [4.69, 9.17) is 0 Å². The summed E-state index contributed by atoms with van der Waals surface area (Å²) in [5.41, 5.74) is 4.93. The molecule has 1 aromatic carbocycles. The molecule has 88 valence electrons. The zero-order valence-electron chi connectivity index (χ0n) is 10.6. The second-order valence-electron chi connectivity index (χ2n) is 4.67. The second-order valence-corrected chi connectivity index (χ2v) is 5.29. The van der Waals surface area contributed by atoms with E-state index in [0.29, 0.717) is 5.92 Å². The van der Waals surface area contributed by atoms with Crippen LogP contribution >= 0.6 is 9.24 Å². The molecule has 0 saturated heterocycles. The third-order valence-electron chi connectivity index (χ3n) is 3.01. The van der Waals surface area contributed by atoms with E-state index in [1.165, 1.54) is 16.7 Å². The van der Waals surface area contributed by atoms with E-state index in [2.05, 4.69) is 65.3 Å². The van der Waals surface area contributed by atoms with Gasteiger partial charge >= 0.3 is 0 Å². The van der Waals surface area contributed by atoms with E-state index in [-0.39, 0.29) is 0 Å². The molecule has 17 heavy (non-hydrogen) atoms. The monoisotopic (exact) mass is 243 g/mol. The largest absolute Gasteiger partial charge is 0.256 e. The zero-order chi connectivity index (χ0) is 12.4. The number of benzene rings is 1. The van der Waals surface area contributed by atoms with E-state index in [1.807, 2.05) is 6.20 Å². The lowest BCUT2D eigenvalue weighted by Gasteiger charge is -2.12. The molecule has 0 bridgehead atoms. The van der Waals surface area contributed by atoms with Crippen molar-refractivity contribution in [3.8, 4) is 11.3 Å². The predicted octanol–water partition coefficient (Wildman–Crippen LogP) is 3.68. The fourth-order valence-electron chi connectivity index (χ4n) is 1.95. The maximum Gasteiger partial charge on any atom is 0.0707 e. The lowest BCUT2D eigenvalue weighted by Crippen LogP contribution is -2.01. The van der Waals surface area contributed by atoms with Gasteiger partial charge in [-0.2, -0.15) is 0 Å². The smallest absolute Gasteiger partial charge is 0.0707 e. The van der Waals surface area contributed by atoms with E-state index >= 15 is 0 Å². The molecule has 0 amide bonds. The average Bonchev–Trinajstić information content (AvgIpc) is 2.32. The maximum atomic E-state index is 4.53. The molecular weight excluding hydrogens is 225 g/mol. The summed E-state index contributed by atoms with van der Waals surface area (Å²) in [6.07, 6.45) is 1.92. The lowest BCUT2D eigenvalue weighted by atomic mass is 9.95. The molecule has 1 heterocycles. The van der Waals surface area contributed by atoms with Gasteiger partial charge in [0, 0.05) is 11.8 Å². The molecule has 0 aliphatic carbocycles. The summed E-state index contributed by atoms with van der Waals surface area (Å²) in [6, 6.07) is 10.7. The molecule has 0 spiro atoms. The highest BCUT2D eigenvalue weighted by molar-refractivity contribution is 7.27. The first kappa shape index (κ1) is 12.3. The van der Waals surface area contributed by atoms with Crippen LogP contribution in [0.3, 0.4) is 0 Å². The van der Waals surface area contributed by atoms with Crippen molar-refractivity contribution in [3.05, 3.63) is 47.7 Å². The Balaban J connectivity index is 2.56. The summed E-state index contributed by atoms with van der Waals surface area (Å²) in [7, 11) is 2.72. The van der Waals surface area contributed by atoms with Crippen molar-refractivity contribution in [1.29, 1.82) is 0 Å². The van der Waals surface area contributed by atoms with Crippen LogP contribution in [0.1, 0.15) is 30.9 Å². The number of rotatable bonds is 2. The van der Waals surface area contributed by atoms with E-state index < -0.39 is 0 Å². The highest BCUT2D eigenvalue weighted by Crippen LogP contribution is 2.27. The molecule has 0 fully saturated rings. The molecule has 1 atom stereocenters. The Bertz CT molecular complexity index is 532. The third kappa shape index (κ3) is 2.56. The summed E-state index contributed by atoms with van der Waals surface area (Å²) >= 11 is 0. The number of hydrogen-bond donors (Lipinski definition) is 0. The van der Waals surface area contributed by atoms with E-state index in [1.54, 1.807) is 0 Å². The van der Waals surface area contributed by atoms with Gasteiger partial charge in [-0.25, -0.2) is 0 Å². The van der Waals surface area contributed by atoms with Gasteiger partial charge in [0.25, 0.3) is 0 Å². The molecule has 0 aliphatic heterocycles. The van der Waals surface area contributed by atoms with Crippen LogP contribution in [-0.2, 0) is 0 Å². The lowest BCUT2D eigenvalue weighted by molar-refractivity contribution is 0.868. The van der Waals surface area contributed by atoms with Crippen molar-refractivity contribution < 1.29 is 0 Å². The van der Waals surface area contributed by atoms with Crippen LogP contribution < -0.4 is 5.30 Å². The van der Waals surface area contributed by atoms with Gasteiger partial charge in [0.1, 0.15) is 0 Å². The van der Waals surface area contributed by atoms with Crippen LogP contribution in [-0.4, -0.2) is 4.98 Å². The van der Waals surface area contributed by atoms with Gasteiger partial charge in [-0.1, -0.05) is 38.1 Å². The SMILES string of the molecule is Cc1cc(-c2ccccc2C(C)C)ncc1P. The summed E-state index contributed by atoms with van der Waals surface area (Å²) in [4.78, 5) is 4.53. The molecule has 2 rings (SSSR count). The topological polar surface area (TPSA) is 12.9 Å². The summed E-state index contributed by atoms with van der Waals surface area (Å²) in [5, 5.41) is 1.16. The Morgan fingerprint density at radius 3 is 2.53 bits per heavy atom. The van der Waals surface area contributed by atoms with Gasteiger partial charge in [0.05, 0.1) is 5.69 Å². The predicted molar refractivity (Wildman–Crippen MR) is 77.8 cm³/mol. The molecule has 2 aromatic rings. The van der Waals surface area contributed by atoms with Crippen molar-refractivity contribution in [1.82, 2.24) is 4.98 Å². The maximum absolute atomic E-state index is 4.53. The van der Waals surface area contributed by atoms with Gasteiger partial charge in [0.2, 0.25) is 0 Å². The first-order valence-electron chi connectivity index (χ1n) is 5.91. The number of hydrogen-bond acceptors (Lipinski definition) is 1. The Labute approximate surface area is 105 Å². The quantitative estimate of drug-likeness (QED) is 0.733. The van der Waals surface area contributed by atoms with Crippen LogP contribution in [0.2, 0.25) is 0 Å². The number of aromatic nitrogens is 1. The molecule has 1 aromatic heterocycles. The highest BCUT2D eigenvalue weighted by Gasteiger charge is 2.09. The Hall–Kier alpha value is -1.20. The number of nitrogens with zero attached hydrogens (tertiary/aromatic N) is 1. The average molecular weight is 243 g/mol. The van der Waals surface area contributed by atoms with Crippen molar-refractivity contribution in [2.45, 2.75) is 26.7 Å². The van der Waals surface area contributed by atoms with Gasteiger partial charge < -0.3 is 0 Å². The minimum absolute atomic E-state index is 0.518.